The summed E-state index contributed by atoms with van der Waals surface area (Å²) in [6.07, 6.45) is 0.974. The maximum Gasteiger partial charge on any atom is 0.115 e. The molecule has 15 heavy (non-hydrogen) atoms. The van der Waals surface area contributed by atoms with Gasteiger partial charge in [0.25, 0.3) is 0 Å². The van der Waals surface area contributed by atoms with Crippen LogP contribution in [0.4, 0.5) is 0 Å². The summed E-state index contributed by atoms with van der Waals surface area (Å²) in [5.74, 6) is 0.353. The molecule has 0 bridgehead atoms. The summed E-state index contributed by atoms with van der Waals surface area (Å²) in [6.45, 7) is 7.62. The molecule has 0 saturated carbocycles. The van der Waals surface area contributed by atoms with E-state index in [0.717, 1.165) is 13.0 Å². The van der Waals surface area contributed by atoms with Gasteiger partial charge in [0, 0.05) is 12.1 Å². The number of likely N-dealkylation sites (N-methyl/N-ethyl adjacent to an activating group) is 1. The Bertz CT molecular complexity index is 315. The van der Waals surface area contributed by atoms with Gasteiger partial charge in [0.2, 0.25) is 0 Å². The molecule has 0 aliphatic carbocycles. The second kappa shape index (κ2) is 4.67. The van der Waals surface area contributed by atoms with Gasteiger partial charge in [-0.25, -0.2) is 0 Å². The van der Waals surface area contributed by atoms with Crippen molar-refractivity contribution >= 4 is 0 Å². The average Bonchev–Trinajstić information content (AvgIpc) is 2.12. The molecule has 1 aromatic rings. The second-order valence-electron chi connectivity index (χ2n) is 5.01. The van der Waals surface area contributed by atoms with E-state index in [9.17, 15) is 5.11 Å². The molecule has 0 aliphatic heterocycles. The van der Waals surface area contributed by atoms with Crippen molar-refractivity contribution in [1.82, 2.24) is 4.90 Å². The molecule has 0 fully saturated rings. The maximum absolute atomic E-state index is 9.32. The van der Waals surface area contributed by atoms with Gasteiger partial charge in [0.05, 0.1) is 0 Å². The molecule has 0 aliphatic rings. The first-order valence-corrected chi connectivity index (χ1v) is 5.39. The van der Waals surface area contributed by atoms with Crippen LogP contribution in [-0.2, 0) is 6.42 Å². The van der Waals surface area contributed by atoms with Crippen molar-refractivity contribution < 1.29 is 5.11 Å². The van der Waals surface area contributed by atoms with Crippen LogP contribution in [0.15, 0.2) is 24.3 Å². The molecule has 1 N–H and O–H groups in total. The molecule has 0 saturated heterocycles. The van der Waals surface area contributed by atoms with E-state index >= 15 is 0 Å². The Morgan fingerprint density at radius 3 is 2.47 bits per heavy atom. The first-order chi connectivity index (χ1) is 6.89. The van der Waals surface area contributed by atoms with Crippen LogP contribution < -0.4 is 0 Å². The van der Waals surface area contributed by atoms with Gasteiger partial charge >= 0.3 is 0 Å². The molecule has 0 heterocycles. The van der Waals surface area contributed by atoms with Gasteiger partial charge in [-0.2, -0.15) is 0 Å². The maximum atomic E-state index is 9.32. The lowest BCUT2D eigenvalue weighted by atomic mass is 10.1. The minimum Gasteiger partial charge on any atom is -0.508 e. The summed E-state index contributed by atoms with van der Waals surface area (Å²) in [7, 11) is 2.13. The molecule has 84 valence electrons. The zero-order valence-corrected chi connectivity index (χ0v) is 10.1. The minimum absolute atomic E-state index is 0.205. The molecule has 0 aromatic heterocycles. The van der Waals surface area contributed by atoms with Crippen molar-refractivity contribution in [2.24, 2.45) is 0 Å². The van der Waals surface area contributed by atoms with Crippen molar-refractivity contribution in [3.8, 4) is 5.75 Å². The molecule has 0 radical (unpaired) electrons. The largest absolute Gasteiger partial charge is 0.508 e. The normalized spacial score (nSPS) is 12.1. The van der Waals surface area contributed by atoms with E-state index in [2.05, 4.69) is 38.8 Å². The Morgan fingerprint density at radius 2 is 1.93 bits per heavy atom. The second-order valence-corrected chi connectivity index (χ2v) is 5.01. The molecular weight excluding hydrogens is 186 g/mol. The van der Waals surface area contributed by atoms with E-state index in [0.29, 0.717) is 5.75 Å². The number of hydrogen-bond acceptors (Lipinski definition) is 2. The quantitative estimate of drug-likeness (QED) is 0.823. The Hall–Kier alpha value is -1.02. The van der Waals surface area contributed by atoms with E-state index < -0.39 is 0 Å². The Labute approximate surface area is 92.5 Å². The highest BCUT2D eigenvalue weighted by Crippen LogP contribution is 2.14. The Balaban J connectivity index is 2.51. The fourth-order valence-electron chi connectivity index (χ4n) is 1.34. The first-order valence-electron chi connectivity index (χ1n) is 5.39. The molecule has 0 unspecified atom stereocenters. The highest BCUT2D eigenvalue weighted by atomic mass is 16.3. The fraction of sp³-hybridized carbons (Fsp3) is 0.538. The van der Waals surface area contributed by atoms with Crippen molar-refractivity contribution in [3.05, 3.63) is 29.8 Å². The number of phenols is 1. The monoisotopic (exact) mass is 207 g/mol. The fourth-order valence-corrected chi connectivity index (χ4v) is 1.34. The van der Waals surface area contributed by atoms with Crippen LogP contribution in [0.3, 0.4) is 0 Å². The standard InChI is InChI=1S/C13H21NO/c1-13(2,3)14(4)9-8-11-6-5-7-12(15)10-11/h5-7,10,15H,8-9H2,1-4H3. The van der Waals surface area contributed by atoms with E-state index in [-0.39, 0.29) is 5.54 Å². The smallest absolute Gasteiger partial charge is 0.115 e. The lowest BCUT2D eigenvalue weighted by molar-refractivity contribution is 0.178. The summed E-state index contributed by atoms with van der Waals surface area (Å²) in [5, 5.41) is 9.32. The lowest BCUT2D eigenvalue weighted by Gasteiger charge is -2.31. The molecule has 0 amide bonds. The molecular formula is C13H21NO. The summed E-state index contributed by atoms with van der Waals surface area (Å²) < 4.78 is 0. The highest BCUT2D eigenvalue weighted by molar-refractivity contribution is 5.27. The van der Waals surface area contributed by atoms with E-state index in [1.807, 2.05) is 12.1 Å². The summed E-state index contributed by atoms with van der Waals surface area (Å²) in [4.78, 5) is 2.32. The first kappa shape index (κ1) is 12.1. The highest BCUT2D eigenvalue weighted by Gasteiger charge is 2.15. The van der Waals surface area contributed by atoms with Gasteiger partial charge in [0.15, 0.2) is 0 Å². The topological polar surface area (TPSA) is 23.5 Å². The van der Waals surface area contributed by atoms with Gasteiger partial charge < -0.3 is 10.0 Å². The SMILES string of the molecule is CN(CCc1cccc(O)c1)C(C)(C)C. The predicted octanol–water partition coefficient (Wildman–Crippen LogP) is 2.67. The number of aromatic hydroxyl groups is 1. The Morgan fingerprint density at radius 1 is 1.27 bits per heavy atom. The van der Waals surface area contributed by atoms with Gasteiger partial charge in [-0.1, -0.05) is 12.1 Å². The molecule has 0 spiro atoms. The van der Waals surface area contributed by atoms with Crippen molar-refractivity contribution in [1.29, 1.82) is 0 Å². The van der Waals surface area contributed by atoms with Crippen LogP contribution in [0.1, 0.15) is 26.3 Å². The number of hydrogen-bond donors (Lipinski definition) is 1. The van der Waals surface area contributed by atoms with Crippen LogP contribution >= 0.6 is 0 Å². The predicted molar refractivity (Wildman–Crippen MR) is 64.2 cm³/mol. The van der Waals surface area contributed by atoms with E-state index in [1.165, 1.54) is 5.56 Å². The third-order valence-electron chi connectivity index (χ3n) is 2.79. The lowest BCUT2D eigenvalue weighted by Crippen LogP contribution is -2.39. The molecule has 2 heteroatoms. The molecule has 1 rings (SSSR count). The minimum atomic E-state index is 0.205. The number of benzene rings is 1. The third-order valence-corrected chi connectivity index (χ3v) is 2.79. The van der Waals surface area contributed by atoms with Gasteiger partial charge in [-0.15, -0.1) is 0 Å². The van der Waals surface area contributed by atoms with Crippen molar-refractivity contribution in [2.45, 2.75) is 32.7 Å². The zero-order chi connectivity index (χ0) is 11.5. The van der Waals surface area contributed by atoms with Gasteiger partial charge in [-0.05, 0) is 51.9 Å². The van der Waals surface area contributed by atoms with Crippen molar-refractivity contribution in [2.75, 3.05) is 13.6 Å². The molecule has 2 nitrogen and oxygen atoms in total. The van der Waals surface area contributed by atoms with Crippen molar-refractivity contribution in [3.63, 3.8) is 0 Å². The van der Waals surface area contributed by atoms with Crippen LogP contribution in [0, 0.1) is 0 Å². The van der Waals surface area contributed by atoms with E-state index in [1.54, 1.807) is 6.07 Å². The van der Waals surface area contributed by atoms with Crippen LogP contribution in [0.25, 0.3) is 0 Å². The summed E-state index contributed by atoms with van der Waals surface area (Å²) in [6, 6.07) is 7.48. The third kappa shape index (κ3) is 3.92. The van der Waals surface area contributed by atoms with Gasteiger partial charge in [-0.3, -0.25) is 0 Å². The van der Waals surface area contributed by atoms with Gasteiger partial charge in [0.1, 0.15) is 5.75 Å². The number of nitrogens with zero attached hydrogens (tertiary/aromatic N) is 1. The summed E-state index contributed by atoms with van der Waals surface area (Å²) >= 11 is 0. The van der Waals surface area contributed by atoms with Crippen LogP contribution in [-0.4, -0.2) is 29.1 Å². The van der Waals surface area contributed by atoms with E-state index in [4.69, 9.17) is 0 Å². The molecule has 0 atom stereocenters. The number of rotatable bonds is 3. The number of phenolic OH excluding ortho intramolecular Hbond substituents is 1. The zero-order valence-electron chi connectivity index (χ0n) is 10.1. The molecule has 1 aromatic carbocycles. The van der Waals surface area contributed by atoms with Crippen LogP contribution in [0.2, 0.25) is 0 Å². The summed E-state index contributed by atoms with van der Waals surface area (Å²) in [5.41, 5.74) is 1.39. The Kier molecular flexibility index (Phi) is 3.75. The average molecular weight is 207 g/mol. The van der Waals surface area contributed by atoms with Crippen LogP contribution in [0.5, 0.6) is 5.75 Å².